The third kappa shape index (κ3) is 3.83. The molecule has 2 aromatic carbocycles. The van der Waals surface area contributed by atoms with Gasteiger partial charge in [-0.3, -0.25) is 4.79 Å². The molecule has 1 heterocycles. The van der Waals surface area contributed by atoms with E-state index in [1.54, 1.807) is 18.9 Å². The van der Waals surface area contributed by atoms with Crippen molar-refractivity contribution in [3.8, 4) is 0 Å². The Labute approximate surface area is 149 Å². The Morgan fingerprint density at radius 2 is 1.77 bits per heavy atom. The first kappa shape index (κ1) is 17.5. The predicted molar refractivity (Wildman–Crippen MR) is 95.6 cm³/mol. The van der Waals surface area contributed by atoms with Gasteiger partial charge >= 0.3 is 0 Å². The summed E-state index contributed by atoms with van der Waals surface area (Å²) in [4.78, 5) is 22.8. The first-order chi connectivity index (χ1) is 12.4. The predicted octanol–water partition coefficient (Wildman–Crippen LogP) is 4.08. The number of hydrogen-bond donors (Lipinski definition) is 1. The maximum absolute atomic E-state index is 13.7. The molecule has 0 fully saturated rings. The van der Waals surface area contributed by atoms with Crippen LogP contribution in [0.15, 0.2) is 54.6 Å². The lowest BCUT2D eigenvalue weighted by atomic mass is 10.2. The van der Waals surface area contributed by atoms with Gasteiger partial charge in [0, 0.05) is 24.5 Å². The van der Waals surface area contributed by atoms with Crippen LogP contribution in [0.5, 0.6) is 0 Å². The Hall–Kier alpha value is -3.35. The molecule has 0 saturated heterocycles. The second kappa shape index (κ2) is 7.26. The number of halogens is 2. The Morgan fingerprint density at radius 1 is 1.04 bits per heavy atom. The average Bonchev–Trinajstić information content (AvgIpc) is 2.63. The SMILES string of the molecule is Cc1cc(C(=O)Nc2ccc(F)cc2F)nc(N(C)c2ccccc2)n1. The molecule has 0 aliphatic carbocycles. The van der Waals surface area contributed by atoms with Crippen molar-refractivity contribution in [2.24, 2.45) is 0 Å². The number of rotatable bonds is 4. The minimum Gasteiger partial charge on any atom is -0.318 e. The van der Waals surface area contributed by atoms with E-state index in [1.807, 2.05) is 30.3 Å². The van der Waals surface area contributed by atoms with E-state index < -0.39 is 17.5 Å². The molecule has 26 heavy (non-hydrogen) atoms. The van der Waals surface area contributed by atoms with Gasteiger partial charge in [0.2, 0.25) is 5.95 Å². The van der Waals surface area contributed by atoms with E-state index >= 15 is 0 Å². The molecule has 0 bridgehead atoms. The molecular weight excluding hydrogens is 338 g/mol. The highest BCUT2D eigenvalue weighted by Gasteiger charge is 2.15. The lowest BCUT2D eigenvalue weighted by Gasteiger charge is -2.18. The highest BCUT2D eigenvalue weighted by Crippen LogP contribution is 2.21. The van der Waals surface area contributed by atoms with E-state index in [2.05, 4.69) is 15.3 Å². The quantitative estimate of drug-likeness (QED) is 0.767. The van der Waals surface area contributed by atoms with Crippen LogP contribution in [0.4, 0.5) is 26.1 Å². The number of anilines is 3. The number of para-hydroxylation sites is 1. The van der Waals surface area contributed by atoms with Crippen LogP contribution < -0.4 is 10.2 Å². The van der Waals surface area contributed by atoms with Crippen molar-refractivity contribution in [2.75, 3.05) is 17.3 Å². The van der Waals surface area contributed by atoms with Crippen molar-refractivity contribution in [2.45, 2.75) is 6.92 Å². The van der Waals surface area contributed by atoms with Crippen LogP contribution in [-0.4, -0.2) is 22.9 Å². The monoisotopic (exact) mass is 354 g/mol. The van der Waals surface area contributed by atoms with E-state index in [9.17, 15) is 13.6 Å². The van der Waals surface area contributed by atoms with Crippen LogP contribution in [-0.2, 0) is 0 Å². The van der Waals surface area contributed by atoms with E-state index in [-0.39, 0.29) is 11.4 Å². The summed E-state index contributed by atoms with van der Waals surface area (Å²) in [6, 6.07) is 13.9. The highest BCUT2D eigenvalue weighted by atomic mass is 19.1. The number of carbonyl (C=O) groups excluding carboxylic acids is 1. The van der Waals surface area contributed by atoms with Crippen LogP contribution >= 0.6 is 0 Å². The summed E-state index contributed by atoms with van der Waals surface area (Å²) in [5.74, 6) is -1.85. The fourth-order valence-electron chi connectivity index (χ4n) is 2.36. The zero-order valence-electron chi connectivity index (χ0n) is 14.2. The second-order valence-corrected chi connectivity index (χ2v) is 5.67. The molecule has 0 radical (unpaired) electrons. The number of hydrogen-bond acceptors (Lipinski definition) is 4. The standard InChI is InChI=1S/C19H16F2N4O/c1-12-10-17(18(26)23-16-9-8-13(20)11-15(16)21)24-19(22-12)25(2)14-6-4-3-5-7-14/h3-11H,1-2H3,(H,23,26). The summed E-state index contributed by atoms with van der Waals surface area (Å²) in [5, 5.41) is 2.40. The first-order valence-electron chi connectivity index (χ1n) is 7.85. The average molecular weight is 354 g/mol. The lowest BCUT2D eigenvalue weighted by Crippen LogP contribution is -2.19. The zero-order chi connectivity index (χ0) is 18.7. The van der Waals surface area contributed by atoms with Crippen molar-refractivity contribution in [3.63, 3.8) is 0 Å². The molecular formula is C19H16F2N4O. The summed E-state index contributed by atoms with van der Waals surface area (Å²) in [6.07, 6.45) is 0. The van der Waals surface area contributed by atoms with Gasteiger partial charge in [0.25, 0.3) is 5.91 Å². The molecule has 0 saturated carbocycles. The molecule has 1 amide bonds. The van der Waals surface area contributed by atoms with E-state index in [1.165, 1.54) is 6.07 Å². The molecule has 132 valence electrons. The van der Waals surface area contributed by atoms with Crippen LogP contribution in [0.2, 0.25) is 0 Å². The number of nitrogens with zero attached hydrogens (tertiary/aromatic N) is 3. The van der Waals surface area contributed by atoms with Gasteiger partial charge in [-0.2, -0.15) is 0 Å². The van der Waals surface area contributed by atoms with Gasteiger partial charge < -0.3 is 10.2 Å². The Balaban J connectivity index is 1.88. The summed E-state index contributed by atoms with van der Waals surface area (Å²) in [5.41, 5.74) is 1.40. The summed E-state index contributed by atoms with van der Waals surface area (Å²) >= 11 is 0. The molecule has 0 unspecified atom stereocenters. The van der Waals surface area contributed by atoms with Crippen molar-refractivity contribution < 1.29 is 13.6 Å². The molecule has 1 N–H and O–H groups in total. The Morgan fingerprint density at radius 3 is 2.46 bits per heavy atom. The number of aromatic nitrogens is 2. The number of benzene rings is 2. The van der Waals surface area contributed by atoms with Crippen molar-refractivity contribution in [1.29, 1.82) is 0 Å². The molecule has 0 atom stereocenters. The first-order valence-corrected chi connectivity index (χ1v) is 7.85. The second-order valence-electron chi connectivity index (χ2n) is 5.67. The van der Waals surface area contributed by atoms with Gasteiger partial charge in [-0.25, -0.2) is 18.7 Å². The van der Waals surface area contributed by atoms with Crippen LogP contribution in [0.3, 0.4) is 0 Å². The third-order valence-corrected chi connectivity index (χ3v) is 3.70. The van der Waals surface area contributed by atoms with Crippen LogP contribution in [0.25, 0.3) is 0 Å². The number of nitrogens with one attached hydrogen (secondary N) is 1. The minimum absolute atomic E-state index is 0.0824. The Kier molecular flexibility index (Phi) is 4.88. The molecule has 0 spiro atoms. The lowest BCUT2D eigenvalue weighted by molar-refractivity contribution is 0.102. The normalized spacial score (nSPS) is 10.5. The molecule has 5 nitrogen and oxygen atoms in total. The minimum atomic E-state index is -0.856. The van der Waals surface area contributed by atoms with Gasteiger partial charge in [0.15, 0.2) is 0 Å². The van der Waals surface area contributed by atoms with Gasteiger partial charge in [0.1, 0.15) is 17.3 Å². The number of amides is 1. The smallest absolute Gasteiger partial charge is 0.274 e. The summed E-state index contributed by atoms with van der Waals surface area (Å²) in [6.45, 7) is 1.74. The molecule has 1 aromatic heterocycles. The Bertz CT molecular complexity index is 948. The molecule has 0 aliphatic heterocycles. The molecule has 3 rings (SSSR count). The number of carbonyl (C=O) groups is 1. The maximum Gasteiger partial charge on any atom is 0.274 e. The van der Waals surface area contributed by atoms with Gasteiger partial charge in [-0.1, -0.05) is 18.2 Å². The van der Waals surface area contributed by atoms with Gasteiger partial charge in [-0.05, 0) is 37.3 Å². The van der Waals surface area contributed by atoms with Crippen molar-refractivity contribution in [1.82, 2.24) is 9.97 Å². The molecule has 3 aromatic rings. The highest BCUT2D eigenvalue weighted by molar-refractivity contribution is 6.03. The van der Waals surface area contributed by atoms with Gasteiger partial charge in [-0.15, -0.1) is 0 Å². The largest absolute Gasteiger partial charge is 0.318 e. The third-order valence-electron chi connectivity index (χ3n) is 3.70. The van der Waals surface area contributed by atoms with Crippen LogP contribution in [0, 0.1) is 18.6 Å². The maximum atomic E-state index is 13.7. The van der Waals surface area contributed by atoms with E-state index in [0.717, 1.165) is 17.8 Å². The van der Waals surface area contributed by atoms with Crippen LogP contribution in [0.1, 0.15) is 16.2 Å². The van der Waals surface area contributed by atoms with Gasteiger partial charge in [0.05, 0.1) is 5.69 Å². The molecule has 7 heteroatoms. The summed E-state index contributed by atoms with van der Waals surface area (Å²) < 4.78 is 26.7. The van der Waals surface area contributed by atoms with Crippen molar-refractivity contribution in [3.05, 3.63) is 77.6 Å². The summed E-state index contributed by atoms with van der Waals surface area (Å²) in [7, 11) is 1.78. The number of aryl methyl sites for hydroxylation is 1. The topological polar surface area (TPSA) is 58.1 Å². The fourth-order valence-corrected chi connectivity index (χ4v) is 2.36. The zero-order valence-corrected chi connectivity index (χ0v) is 14.2. The fraction of sp³-hybridized carbons (Fsp3) is 0.105. The van der Waals surface area contributed by atoms with E-state index in [4.69, 9.17) is 0 Å². The van der Waals surface area contributed by atoms with Crippen molar-refractivity contribution >= 4 is 23.2 Å². The molecule has 0 aliphatic rings. The van der Waals surface area contributed by atoms with E-state index in [0.29, 0.717) is 17.7 Å².